The summed E-state index contributed by atoms with van der Waals surface area (Å²) in [5.74, 6) is -0.128. The number of fused-ring (bicyclic) bond motifs is 1. The predicted octanol–water partition coefficient (Wildman–Crippen LogP) is 0.799. The number of rotatable bonds is 2. The lowest BCUT2D eigenvalue weighted by molar-refractivity contribution is -0.135. The first kappa shape index (κ1) is 18.4. The first-order valence-electron chi connectivity index (χ1n) is 7.74. The summed E-state index contributed by atoms with van der Waals surface area (Å²) < 4.78 is 1.13. The third kappa shape index (κ3) is 3.42. The van der Waals surface area contributed by atoms with E-state index in [4.69, 9.17) is 5.73 Å². The van der Waals surface area contributed by atoms with Crippen LogP contribution in [0.25, 0.3) is 10.9 Å². The van der Waals surface area contributed by atoms with Crippen LogP contribution in [0.1, 0.15) is 20.3 Å². The van der Waals surface area contributed by atoms with Crippen LogP contribution in [0.4, 0.5) is 0 Å². The maximum atomic E-state index is 12.5. The predicted molar refractivity (Wildman–Crippen MR) is 94.0 cm³/mol. The van der Waals surface area contributed by atoms with Crippen LogP contribution in [0.5, 0.6) is 0 Å². The molecular weight excluding hydrogens is 330 g/mol. The molecule has 24 heavy (non-hydrogen) atoms. The van der Waals surface area contributed by atoms with E-state index < -0.39 is 0 Å². The number of aromatic nitrogens is 3. The summed E-state index contributed by atoms with van der Waals surface area (Å²) in [6.07, 6.45) is 0.761. The van der Waals surface area contributed by atoms with Gasteiger partial charge in [-0.25, -0.2) is 4.68 Å². The van der Waals surface area contributed by atoms with Crippen molar-refractivity contribution in [1.82, 2.24) is 19.9 Å². The SMILES string of the molecule is CC1(C)CN(C(=O)Cn2nnc3ccccc3c2=O)CCC1N.Cl. The molecule has 3 rings (SSSR count). The van der Waals surface area contributed by atoms with Crippen LogP contribution in [0.3, 0.4) is 0 Å². The highest BCUT2D eigenvalue weighted by Crippen LogP contribution is 2.27. The number of hydrogen-bond donors (Lipinski definition) is 1. The topological polar surface area (TPSA) is 94.1 Å². The molecular formula is C16H22ClN5O2. The highest BCUT2D eigenvalue weighted by molar-refractivity contribution is 5.85. The van der Waals surface area contributed by atoms with E-state index in [1.54, 1.807) is 29.2 Å². The molecule has 8 heteroatoms. The zero-order chi connectivity index (χ0) is 16.6. The van der Waals surface area contributed by atoms with E-state index in [2.05, 4.69) is 24.2 Å². The van der Waals surface area contributed by atoms with Gasteiger partial charge in [0.05, 0.1) is 5.39 Å². The van der Waals surface area contributed by atoms with E-state index in [1.807, 2.05) is 0 Å². The fraction of sp³-hybridized carbons (Fsp3) is 0.500. The smallest absolute Gasteiger partial charge is 0.278 e. The number of nitrogens with zero attached hydrogens (tertiary/aromatic N) is 4. The first-order valence-corrected chi connectivity index (χ1v) is 7.74. The van der Waals surface area contributed by atoms with Crippen molar-refractivity contribution in [3.8, 4) is 0 Å². The van der Waals surface area contributed by atoms with Crippen LogP contribution in [-0.2, 0) is 11.3 Å². The Kier molecular flexibility index (Phi) is 5.25. The van der Waals surface area contributed by atoms with Crippen molar-refractivity contribution in [2.24, 2.45) is 11.1 Å². The average Bonchev–Trinajstić information content (AvgIpc) is 2.53. The number of hydrogen-bond acceptors (Lipinski definition) is 5. The fourth-order valence-corrected chi connectivity index (χ4v) is 2.94. The number of carbonyl (C=O) groups is 1. The second-order valence-corrected chi connectivity index (χ2v) is 6.77. The van der Waals surface area contributed by atoms with Crippen molar-refractivity contribution in [2.45, 2.75) is 32.9 Å². The van der Waals surface area contributed by atoms with Gasteiger partial charge in [0.15, 0.2) is 0 Å². The highest BCUT2D eigenvalue weighted by atomic mass is 35.5. The molecule has 1 atom stereocenters. The maximum Gasteiger partial charge on any atom is 0.278 e. The number of benzene rings is 1. The fourth-order valence-electron chi connectivity index (χ4n) is 2.94. The Morgan fingerprint density at radius 1 is 1.38 bits per heavy atom. The molecule has 2 N–H and O–H groups in total. The quantitative estimate of drug-likeness (QED) is 0.863. The summed E-state index contributed by atoms with van der Waals surface area (Å²) in [6, 6.07) is 7.06. The van der Waals surface area contributed by atoms with Crippen LogP contribution >= 0.6 is 12.4 Å². The molecule has 2 heterocycles. The van der Waals surface area contributed by atoms with Gasteiger partial charge in [-0.15, -0.1) is 17.5 Å². The van der Waals surface area contributed by atoms with Gasteiger partial charge in [-0.05, 0) is 24.0 Å². The molecule has 1 unspecified atom stereocenters. The Morgan fingerprint density at radius 3 is 2.79 bits per heavy atom. The Hall–Kier alpha value is -1.99. The Labute approximate surface area is 146 Å². The van der Waals surface area contributed by atoms with Crippen molar-refractivity contribution in [1.29, 1.82) is 0 Å². The minimum Gasteiger partial charge on any atom is -0.340 e. The Balaban J connectivity index is 0.00000208. The molecule has 1 fully saturated rings. The van der Waals surface area contributed by atoms with Crippen molar-refractivity contribution < 1.29 is 4.79 Å². The molecule has 0 radical (unpaired) electrons. The van der Waals surface area contributed by atoms with Gasteiger partial charge < -0.3 is 10.6 Å². The third-order valence-corrected chi connectivity index (χ3v) is 4.58. The van der Waals surface area contributed by atoms with Gasteiger partial charge in [0.2, 0.25) is 5.91 Å². The van der Waals surface area contributed by atoms with Gasteiger partial charge in [0.1, 0.15) is 12.1 Å². The Morgan fingerprint density at radius 2 is 2.08 bits per heavy atom. The lowest BCUT2D eigenvalue weighted by Crippen LogP contribution is -2.54. The number of carbonyl (C=O) groups excluding carboxylic acids is 1. The number of piperidine rings is 1. The molecule has 130 valence electrons. The second kappa shape index (κ2) is 6.86. The van der Waals surface area contributed by atoms with E-state index in [0.29, 0.717) is 24.0 Å². The lowest BCUT2D eigenvalue weighted by atomic mass is 9.79. The van der Waals surface area contributed by atoms with Crippen molar-refractivity contribution >= 4 is 29.2 Å². The minimum absolute atomic E-state index is 0. The van der Waals surface area contributed by atoms with Crippen LogP contribution in [0.2, 0.25) is 0 Å². The molecule has 0 aliphatic carbocycles. The summed E-state index contributed by atoms with van der Waals surface area (Å²) in [4.78, 5) is 26.7. The molecule has 7 nitrogen and oxygen atoms in total. The van der Waals surface area contributed by atoms with Crippen LogP contribution in [0, 0.1) is 5.41 Å². The normalized spacial score (nSPS) is 19.8. The molecule has 0 spiro atoms. The molecule has 1 amide bonds. The highest BCUT2D eigenvalue weighted by Gasteiger charge is 2.35. The van der Waals surface area contributed by atoms with Gasteiger partial charge in [-0.3, -0.25) is 9.59 Å². The summed E-state index contributed by atoms with van der Waals surface area (Å²) in [5, 5.41) is 8.35. The molecule has 2 aromatic rings. The number of nitrogens with two attached hydrogens (primary N) is 1. The zero-order valence-electron chi connectivity index (χ0n) is 13.8. The van der Waals surface area contributed by atoms with Gasteiger partial charge in [-0.2, -0.15) is 0 Å². The summed E-state index contributed by atoms with van der Waals surface area (Å²) in [6.45, 7) is 5.21. The molecule has 1 saturated heterocycles. The van der Waals surface area contributed by atoms with E-state index >= 15 is 0 Å². The van der Waals surface area contributed by atoms with Gasteiger partial charge in [0, 0.05) is 19.1 Å². The standard InChI is InChI=1S/C16H21N5O2.ClH/c1-16(2)10-20(8-7-13(16)17)14(22)9-21-15(23)11-5-3-4-6-12(11)18-19-21;/h3-6,13H,7-10,17H2,1-2H3;1H. The second-order valence-electron chi connectivity index (χ2n) is 6.77. The largest absolute Gasteiger partial charge is 0.340 e. The van der Waals surface area contributed by atoms with Gasteiger partial charge in [0.25, 0.3) is 5.56 Å². The van der Waals surface area contributed by atoms with Gasteiger partial charge in [-0.1, -0.05) is 31.2 Å². The van der Waals surface area contributed by atoms with Gasteiger partial charge >= 0.3 is 0 Å². The molecule has 0 saturated carbocycles. The molecule has 1 aromatic heterocycles. The molecule has 1 aliphatic rings. The summed E-state index contributed by atoms with van der Waals surface area (Å²) >= 11 is 0. The summed E-state index contributed by atoms with van der Waals surface area (Å²) in [5.41, 5.74) is 6.21. The average molecular weight is 352 g/mol. The van der Waals surface area contributed by atoms with Crippen LogP contribution in [-0.4, -0.2) is 44.9 Å². The van der Waals surface area contributed by atoms with E-state index in [-0.39, 0.29) is 41.9 Å². The van der Waals surface area contributed by atoms with E-state index in [0.717, 1.165) is 11.1 Å². The van der Waals surface area contributed by atoms with Crippen molar-refractivity contribution in [2.75, 3.05) is 13.1 Å². The minimum atomic E-state index is -0.295. The zero-order valence-corrected chi connectivity index (χ0v) is 14.6. The van der Waals surface area contributed by atoms with Crippen molar-refractivity contribution in [3.63, 3.8) is 0 Å². The lowest BCUT2D eigenvalue weighted by Gasteiger charge is -2.42. The molecule has 1 aliphatic heterocycles. The summed E-state index contributed by atoms with van der Waals surface area (Å²) in [7, 11) is 0. The number of amides is 1. The van der Waals surface area contributed by atoms with E-state index in [1.165, 1.54) is 0 Å². The number of likely N-dealkylation sites (tertiary alicyclic amines) is 1. The van der Waals surface area contributed by atoms with Crippen LogP contribution in [0.15, 0.2) is 29.1 Å². The Bertz CT molecular complexity index is 804. The first-order chi connectivity index (χ1) is 10.9. The maximum absolute atomic E-state index is 12.5. The monoisotopic (exact) mass is 351 g/mol. The van der Waals surface area contributed by atoms with E-state index in [9.17, 15) is 9.59 Å². The molecule has 1 aromatic carbocycles. The van der Waals surface area contributed by atoms with Crippen molar-refractivity contribution in [3.05, 3.63) is 34.6 Å². The number of halogens is 1. The van der Waals surface area contributed by atoms with Crippen LogP contribution < -0.4 is 11.3 Å². The third-order valence-electron chi connectivity index (χ3n) is 4.58. The molecule has 0 bridgehead atoms.